The Bertz CT molecular complexity index is 738. The minimum atomic E-state index is -0.466. The van der Waals surface area contributed by atoms with E-state index in [1.54, 1.807) is 24.3 Å². The second kappa shape index (κ2) is 8.01. The first-order valence-corrected chi connectivity index (χ1v) is 7.20. The summed E-state index contributed by atoms with van der Waals surface area (Å²) >= 11 is 0. The van der Waals surface area contributed by atoms with Gasteiger partial charge in [0.05, 0.1) is 14.2 Å². The third kappa shape index (κ3) is 4.25. The summed E-state index contributed by atoms with van der Waals surface area (Å²) < 4.78 is 20.8. The normalized spacial score (nSPS) is 9.96. The minimum Gasteiger partial charge on any atom is -0.493 e. The smallest absolute Gasteiger partial charge is 0.308 e. The van der Waals surface area contributed by atoms with Crippen molar-refractivity contribution in [2.75, 3.05) is 20.8 Å². The molecule has 0 amide bonds. The summed E-state index contributed by atoms with van der Waals surface area (Å²) in [4.78, 5) is 23.3. The molecule has 0 aliphatic rings. The maximum Gasteiger partial charge on any atom is 0.308 e. The van der Waals surface area contributed by atoms with E-state index in [1.165, 1.54) is 33.3 Å². The third-order valence-electron chi connectivity index (χ3n) is 3.17. The molecule has 0 saturated heterocycles. The van der Waals surface area contributed by atoms with Gasteiger partial charge in [0.25, 0.3) is 0 Å². The van der Waals surface area contributed by atoms with Gasteiger partial charge in [-0.25, -0.2) is 0 Å². The summed E-state index contributed by atoms with van der Waals surface area (Å²) in [5, 5.41) is 0. The molecule has 0 spiro atoms. The van der Waals surface area contributed by atoms with Gasteiger partial charge in [-0.2, -0.15) is 0 Å². The van der Waals surface area contributed by atoms with E-state index in [4.69, 9.17) is 18.9 Å². The Kier molecular flexibility index (Phi) is 5.78. The van der Waals surface area contributed by atoms with E-state index in [0.717, 1.165) is 0 Å². The highest BCUT2D eigenvalue weighted by Crippen LogP contribution is 2.29. The summed E-state index contributed by atoms with van der Waals surface area (Å²) in [6, 6.07) is 11.6. The van der Waals surface area contributed by atoms with Gasteiger partial charge in [0.15, 0.2) is 35.4 Å². The van der Waals surface area contributed by atoms with E-state index < -0.39 is 5.97 Å². The molecule has 0 saturated carbocycles. The maximum atomic E-state index is 12.3. The monoisotopic (exact) mass is 330 g/mol. The Morgan fingerprint density at radius 3 is 2.17 bits per heavy atom. The number of hydrogen-bond acceptors (Lipinski definition) is 6. The SMILES string of the molecule is COc1ccccc1OCC(=O)c1ccc(OC(C)=O)c(OC)c1. The molecular formula is C18H18O6. The predicted molar refractivity (Wildman–Crippen MR) is 87.1 cm³/mol. The summed E-state index contributed by atoms with van der Waals surface area (Å²) in [6.07, 6.45) is 0. The Morgan fingerprint density at radius 1 is 0.875 bits per heavy atom. The lowest BCUT2D eigenvalue weighted by atomic mass is 10.1. The number of ether oxygens (including phenoxy) is 4. The number of carbonyl (C=O) groups is 2. The molecule has 0 fully saturated rings. The van der Waals surface area contributed by atoms with E-state index in [-0.39, 0.29) is 18.1 Å². The number of methoxy groups -OCH3 is 2. The van der Waals surface area contributed by atoms with Crippen LogP contribution in [-0.4, -0.2) is 32.6 Å². The van der Waals surface area contributed by atoms with Crippen molar-refractivity contribution in [2.45, 2.75) is 6.92 Å². The van der Waals surface area contributed by atoms with Gasteiger partial charge in [-0.05, 0) is 30.3 Å². The molecule has 24 heavy (non-hydrogen) atoms. The second-order valence-electron chi connectivity index (χ2n) is 4.82. The van der Waals surface area contributed by atoms with E-state index >= 15 is 0 Å². The van der Waals surface area contributed by atoms with Crippen molar-refractivity contribution < 1.29 is 28.5 Å². The molecule has 6 heteroatoms. The molecule has 0 heterocycles. The molecule has 0 unspecified atom stereocenters. The lowest BCUT2D eigenvalue weighted by Gasteiger charge is -2.11. The van der Waals surface area contributed by atoms with E-state index in [1.807, 2.05) is 6.07 Å². The van der Waals surface area contributed by atoms with Gasteiger partial charge in [0.1, 0.15) is 0 Å². The average molecular weight is 330 g/mol. The zero-order chi connectivity index (χ0) is 17.5. The van der Waals surface area contributed by atoms with Crippen LogP contribution in [0.2, 0.25) is 0 Å². The maximum absolute atomic E-state index is 12.3. The minimum absolute atomic E-state index is 0.156. The van der Waals surface area contributed by atoms with Crippen LogP contribution in [0, 0.1) is 0 Å². The molecule has 2 aromatic carbocycles. The molecule has 0 aliphatic carbocycles. The largest absolute Gasteiger partial charge is 0.493 e. The Hall–Kier alpha value is -3.02. The van der Waals surface area contributed by atoms with Crippen LogP contribution in [0.1, 0.15) is 17.3 Å². The Balaban J connectivity index is 2.11. The van der Waals surface area contributed by atoms with E-state index in [2.05, 4.69) is 0 Å². The molecule has 0 N–H and O–H groups in total. The fourth-order valence-corrected chi connectivity index (χ4v) is 2.04. The van der Waals surface area contributed by atoms with Crippen molar-refractivity contribution in [3.05, 3.63) is 48.0 Å². The number of para-hydroxylation sites is 2. The fourth-order valence-electron chi connectivity index (χ4n) is 2.04. The Labute approximate surface area is 139 Å². The molecule has 0 radical (unpaired) electrons. The zero-order valence-electron chi connectivity index (χ0n) is 13.7. The standard InChI is InChI=1S/C18H18O6/c1-12(19)24-17-9-8-13(10-18(17)22-3)14(20)11-23-16-7-5-4-6-15(16)21-2/h4-10H,11H2,1-3H3. The summed E-state index contributed by atoms with van der Waals surface area (Å²) in [5.74, 6) is 0.880. The topological polar surface area (TPSA) is 71.1 Å². The lowest BCUT2D eigenvalue weighted by Crippen LogP contribution is -2.12. The second-order valence-corrected chi connectivity index (χ2v) is 4.82. The lowest BCUT2D eigenvalue weighted by molar-refractivity contribution is -0.132. The molecule has 2 aromatic rings. The fraction of sp³-hybridized carbons (Fsp3) is 0.222. The molecule has 0 aliphatic heterocycles. The van der Waals surface area contributed by atoms with Gasteiger partial charge in [-0.15, -0.1) is 0 Å². The first-order valence-electron chi connectivity index (χ1n) is 7.20. The first kappa shape index (κ1) is 17.3. The number of benzene rings is 2. The zero-order valence-corrected chi connectivity index (χ0v) is 13.7. The molecule has 126 valence electrons. The number of esters is 1. The number of carbonyl (C=O) groups excluding carboxylic acids is 2. The molecule has 0 atom stereocenters. The van der Waals surface area contributed by atoms with Gasteiger partial charge in [-0.1, -0.05) is 12.1 Å². The number of Topliss-reactive ketones (excluding diaryl/α,β-unsaturated/α-hetero) is 1. The van der Waals surface area contributed by atoms with Crippen molar-refractivity contribution >= 4 is 11.8 Å². The van der Waals surface area contributed by atoms with E-state index in [9.17, 15) is 9.59 Å². The Morgan fingerprint density at radius 2 is 1.54 bits per heavy atom. The highest BCUT2D eigenvalue weighted by molar-refractivity contribution is 5.98. The summed E-state index contributed by atoms with van der Waals surface area (Å²) in [7, 11) is 2.96. The van der Waals surface area contributed by atoms with E-state index in [0.29, 0.717) is 22.8 Å². The van der Waals surface area contributed by atoms with Crippen molar-refractivity contribution in [1.29, 1.82) is 0 Å². The van der Waals surface area contributed by atoms with Crippen molar-refractivity contribution in [3.63, 3.8) is 0 Å². The van der Waals surface area contributed by atoms with Crippen LogP contribution in [0.3, 0.4) is 0 Å². The van der Waals surface area contributed by atoms with Crippen LogP contribution < -0.4 is 18.9 Å². The van der Waals surface area contributed by atoms with Crippen LogP contribution in [-0.2, 0) is 4.79 Å². The summed E-state index contributed by atoms with van der Waals surface area (Å²) in [5.41, 5.74) is 0.387. The number of ketones is 1. The van der Waals surface area contributed by atoms with Crippen LogP contribution in [0.25, 0.3) is 0 Å². The molecule has 6 nitrogen and oxygen atoms in total. The number of hydrogen-bond donors (Lipinski definition) is 0. The predicted octanol–water partition coefficient (Wildman–Crippen LogP) is 2.89. The molecule has 0 bridgehead atoms. The average Bonchev–Trinajstić information content (AvgIpc) is 2.59. The van der Waals surface area contributed by atoms with Gasteiger partial charge >= 0.3 is 5.97 Å². The van der Waals surface area contributed by atoms with Crippen molar-refractivity contribution in [2.24, 2.45) is 0 Å². The summed E-state index contributed by atoms with van der Waals surface area (Å²) in [6.45, 7) is 1.13. The van der Waals surface area contributed by atoms with Gasteiger partial charge in [-0.3, -0.25) is 9.59 Å². The molecular weight excluding hydrogens is 312 g/mol. The van der Waals surface area contributed by atoms with Crippen molar-refractivity contribution in [3.8, 4) is 23.0 Å². The van der Waals surface area contributed by atoms with Crippen LogP contribution in [0.15, 0.2) is 42.5 Å². The van der Waals surface area contributed by atoms with Gasteiger partial charge in [0, 0.05) is 12.5 Å². The first-order chi connectivity index (χ1) is 11.5. The van der Waals surface area contributed by atoms with Crippen LogP contribution in [0.5, 0.6) is 23.0 Å². The highest BCUT2D eigenvalue weighted by atomic mass is 16.6. The third-order valence-corrected chi connectivity index (χ3v) is 3.17. The van der Waals surface area contributed by atoms with Crippen molar-refractivity contribution in [1.82, 2.24) is 0 Å². The molecule has 2 rings (SSSR count). The quantitative estimate of drug-likeness (QED) is 0.442. The van der Waals surface area contributed by atoms with Crippen LogP contribution >= 0.6 is 0 Å². The van der Waals surface area contributed by atoms with Crippen LogP contribution in [0.4, 0.5) is 0 Å². The number of rotatable bonds is 7. The highest BCUT2D eigenvalue weighted by Gasteiger charge is 2.14. The molecule has 0 aromatic heterocycles. The van der Waals surface area contributed by atoms with Gasteiger partial charge in [0.2, 0.25) is 0 Å². The van der Waals surface area contributed by atoms with Gasteiger partial charge < -0.3 is 18.9 Å².